The van der Waals surface area contributed by atoms with Crippen molar-refractivity contribution >= 4 is 27.0 Å². The molecule has 2 aromatic rings. The summed E-state index contributed by atoms with van der Waals surface area (Å²) in [6.45, 7) is 2.13. The predicted molar refractivity (Wildman–Crippen MR) is 75.0 cm³/mol. The van der Waals surface area contributed by atoms with Gasteiger partial charge in [0.2, 0.25) is 0 Å². The summed E-state index contributed by atoms with van der Waals surface area (Å²) in [5.41, 5.74) is 3.04. The standard InChI is InChI=1S/C13H16BrN3O2/c1-18-8-10-11(14)2-3-12-13(10)15-16-17(12)9-4-6-19-7-5-9/h2-3,9H,4-8H2,1H3. The molecule has 102 valence electrons. The molecule has 0 N–H and O–H groups in total. The van der Waals surface area contributed by atoms with E-state index in [1.54, 1.807) is 7.11 Å². The molecule has 0 bridgehead atoms. The fourth-order valence-corrected chi connectivity index (χ4v) is 2.95. The number of hydrogen-bond donors (Lipinski definition) is 0. The van der Waals surface area contributed by atoms with Crippen molar-refractivity contribution in [3.05, 3.63) is 22.2 Å². The van der Waals surface area contributed by atoms with Crippen molar-refractivity contribution < 1.29 is 9.47 Å². The largest absolute Gasteiger partial charge is 0.381 e. The maximum absolute atomic E-state index is 5.40. The minimum absolute atomic E-state index is 0.385. The van der Waals surface area contributed by atoms with Crippen molar-refractivity contribution in [1.29, 1.82) is 0 Å². The van der Waals surface area contributed by atoms with Crippen LogP contribution in [0.15, 0.2) is 16.6 Å². The van der Waals surface area contributed by atoms with Crippen LogP contribution in [0, 0.1) is 0 Å². The molecule has 0 amide bonds. The molecule has 0 unspecified atom stereocenters. The Morgan fingerprint density at radius 3 is 2.95 bits per heavy atom. The number of benzene rings is 1. The van der Waals surface area contributed by atoms with Gasteiger partial charge in [-0.05, 0) is 25.0 Å². The minimum Gasteiger partial charge on any atom is -0.381 e. The number of rotatable bonds is 3. The zero-order chi connectivity index (χ0) is 13.2. The number of methoxy groups -OCH3 is 1. The lowest BCUT2D eigenvalue weighted by Gasteiger charge is -2.22. The van der Waals surface area contributed by atoms with Gasteiger partial charge in [-0.15, -0.1) is 5.10 Å². The fourth-order valence-electron chi connectivity index (χ4n) is 2.52. The van der Waals surface area contributed by atoms with Crippen LogP contribution >= 0.6 is 15.9 Å². The van der Waals surface area contributed by atoms with Gasteiger partial charge in [-0.2, -0.15) is 0 Å². The zero-order valence-corrected chi connectivity index (χ0v) is 12.4. The van der Waals surface area contributed by atoms with Crippen LogP contribution in [0.25, 0.3) is 11.0 Å². The van der Waals surface area contributed by atoms with Crippen molar-refractivity contribution in [2.75, 3.05) is 20.3 Å². The Morgan fingerprint density at radius 1 is 1.42 bits per heavy atom. The average molecular weight is 326 g/mol. The summed E-state index contributed by atoms with van der Waals surface area (Å²) in [5.74, 6) is 0. The van der Waals surface area contributed by atoms with Gasteiger partial charge in [0.25, 0.3) is 0 Å². The average Bonchev–Trinajstić information content (AvgIpc) is 2.87. The summed E-state index contributed by atoms with van der Waals surface area (Å²) < 4.78 is 13.7. The molecule has 1 aromatic heterocycles. The highest BCUT2D eigenvalue weighted by Crippen LogP contribution is 2.29. The van der Waals surface area contributed by atoms with E-state index in [0.29, 0.717) is 12.6 Å². The molecule has 1 fully saturated rings. The summed E-state index contributed by atoms with van der Waals surface area (Å²) in [5, 5.41) is 8.67. The van der Waals surface area contributed by atoms with Crippen molar-refractivity contribution in [1.82, 2.24) is 15.0 Å². The molecule has 0 radical (unpaired) electrons. The van der Waals surface area contributed by atoms with Crippen LogP contribution in [0.1, 0.15) is 24.4 Å². The third kappa shape index (κ3) is 2.40. The first kappa shape index (κ1) is 13.0. The summed E-state index contributed by atoms with van der Waals surface area (Å²) in [7, 11) is 1.69. The number of ether oxygens (including phenoxy) is 2. The SMILES string of the molecule is COCc1c(Br)ccc2c1nnn2C1CCOCC1. The van der Waals surface area contributed by atoms with Crippen LogP contribution < -0.4 is 0 Å². The highest BCUT2D eigenvalue weighted by Gasteiger charge is 2.20. The third-order valence-corrected chi connectivity index (χ3v) is 4.26. The molecule has 2 heterocycles. The van der Waals surface area contributed by atoms with Gasteiger partial charge in [-0.1, -0.05) is 21.1 Å². The number of halogens is 1. The van der Waals surface area contributed by atoms with Crippen LogP contribution in [0.3, 0.4) is 0 Å². The van der Waals surface area contributed by atoms with Gasteiger partial charge >= 0.3 is 0 Å². The lowest BCUT2D eigenvalue weighted by Crippen LogP contribution is -2.20. The molecule has 19 heavy (non-hydrogen) atoms. The van der Waals surface area contributed by atoms with E-state index in [2.05, 4.69) is 32.3 Å². The van der Waals surface area contributed by atoms with Crippen molar-refractivity contribution in [2.45, 2.75) is 25.5 Å². The number of hydrogen-bond acceptors (Lipinski definition) is 4. The summed E-state index contributed by atoms with van der Waals surface area (Å²) >= 11 is 3.55. The summed E-state index contributed by atoms with van der Waals surface area (Å²) in [6, 6.07) is 4.49. The van der Waals surface area contributed by atoms with Crippen LogP contribution in [-0.4, -0.2) is 35.3 Å². The topological polar surface area (TPSA) is 49.2 Å². The third-order valence-electron chi connectivity index (χ3n) is 3.52. The second-order valence-corrected chi connectivity index (χ2v) is 5.56. The van der Waals surface area contributed by atoms with Crippen LogP contribution in [0.4, 0.5) is 0 Å². The Hall–Kier alpha value is -0.980. The van der Waals surface area contributed by atoms with Crippen molar-refractivity contribution in [3.8, 4) is 0 Å². The quantitative estimate of drug-likeness (QED) is 0.870. The maximum atomic E-state index is 5.40. The molecule has 0 atom stereocenters. The second-order valence-electron chi connectivity index (χ2n) is 4.70. The Kier molecular flexibility index (Phi) is 3.81. The van der Waals surface area contributed by atoms with E-state index >= 15 is 0 Å². The smallest absolute Gasteiger partial charge is 0.119 e. The predicted octanol–water partition coefficient (Wildman–Crippen LogP) is 2.69. The Labute approximate surface area is 120 Å². The van der Waals surface area contributed by atoms with Crippen LogP contribution in [-0.2, 0) is 16.1 Å². The summed E-state index contributed by atoms with van der Waals surface area (Å²) in [4.78, 5) is 0. The zero-order valence-electron chi connectivity index (χ0n) is 10.8. The molecule has 0 saturated carbocycles. The lowest BCUT2D eigenvalue weighted by atomic mass is 10.1. The molecule has 1 saturated heterocycles. The Morgan fingerprint density at radius 2 is 2.21 bits per heavy atom. The monoisotopic (exact) mass is 325 g/mol. The van der Waals surface area contributed by atoms with Crippen LogP contribution in [0.2, 0.25) is 0 Å². The molecular weight excluding hydrogens is 310 g/mol. The van der Waals surface area contributed by atoms with E-state index in [1.165, 1.54) is 0 Å². The first-order chi connectivity index (χ1) is 9.31. The molecule has 5 nitrogen and oxygen atoms in total. The van der Waals surface area contributed by atoms with E-state index < -0.39 is 0 Å². The Balaban J connectivity index is 2.05. The normalized spacial score (nSPS) is 17.2. The Bertz CT molecular complexity index is 579. The van der Waals surface area contributed by atoms with Gasteiger partial charge in [-0.25, -0.2) is 4.68 Å². The molecular formula is C13H16BrN3O2. The minimum atomic E-state index is 0.385. The van der Waals surface area contributed by atoms with Gasteiger partial charge in [0.1, 0.15) is 5.52 Å². The number of fused-ring (bicyclic) bond motifs is 1. The second kappa shape index (κ2) is 5.56. The van der Waals surface area contributed by atoms with Gasteiger partial charge in [0, 0.05) is 30.4 Å². The summed E-state index contributed by atoms with van der Waals surface area (Å²) in [6.07, 6.45) is 1.99. The molecule has 1 aliphatic rings. The van der Waals surface area contributed by atoms with E-state index in [9.17, 15) is 0 Å². The first-order valence-corrected chi connectivity index (χ1v) is 7.19. The highest BCUT2D eigenvalue weighted by molar-refractivity contribution is 9.10. The number of nitrogens with zero attached hydrogens (tertiary/aromatic N) is 3. The van der Waals surface area contributed by atoms with Crippen molar-refractivity contribution in [3.63, 3.8) is 0 Å². The van der Waals surface area contributed by atoms with Crippen LogP contribution in [0.5, 0.6) is 0 Å². The molecule has 3 rings (SSSR count). The molecule has 6 heteroatoms. The van der Waals surface area contributed by atoms with Crippen molar-refractivity contribution in [2.24, 2.45) is 0 Å². The van der Waals surface area contributed by atoms with E-state index in [1.807, 2.05) is 10.7 Å². The van der Waals surface area contributed by atoms with Gasteiger partial charge in [0.15, 0.2) is 0 Å². The van der Waals surface area contributed by atoms with E-state index in [-0.39, 0.29) is 0 Å². The van der Waals surface area contributed by atoms with Gasteiger partial charge < -0.3 is 9.47 Å². The molecule has 1 aliphatic heterocycles. The molecule has 1 aromatic carbocycles. The maximum Gasteiger partial charge on any atom is 0.119 e. The molecule has 0 aliphatic carbocycles. The van der Waals surface area contributed by atoms with Gasteiger partial charge in [-0.3, -0.25) is 0 Å². The van der Waals surface area contributed by atoms with Gasteiger partial charge in [0.05, 0.1) is 18.2 Å². The fraction of sp³-hybridized carbons (Fsp3) is 0.538. The highest BCUT2D eigenvalue weighted by atomic mass is 79.9. The first-order valence-electron chi connectivity index (χ1n) is 6.40. The van der Waals surface area contributed by atoms with E-state index in [4.69, 9.17) is 9.47 Å². The van der Waals surface area contributed by atoms with E-state index in [0.717, 1.165) is 47.1 Å². The number of aromatic nitrogens is 3. The lowest BCUT2D eigenvalue weighted by molar-refractivity contribution is 0.0669. The molecule has 0 spiro atoms.